The lowest BCUT2D eigenvalue weighted by Crippen LogP contribution is -2.28. The zero-order valence-electron chi connectivity index (χ0n) is 8.86. The third-order valence-corrected chi connectivity index (χ3v) is 2.24. The maximum atomic E-state index is 11.4. The lowest BCUT2D eigenvalue weighted by atomic mass is 10.0. The number of aliphatic hydroxyl groups is 1. The lowest BCUT2D eigenvalue weighted by Gasteiger charge is -2.11. The monoisotopic (exact) mass is 209 g/mol. The van der Waals surface area contributed by atoms with Gasteiger partial charge in [-0.1, -0.05) is 12.1 Å². The average Bonchev–Trinajstić information content (AvgIpc) is 2.28. The van der Waals surface area contributed by atoms with Crippen molar-refractivity contribution in [1.29, 1.82) is 0 Å². The van der Waals surface area contributed by atoms with Crippen molar-refractivity contribution in [3.63, 3.8) is 0 Å². The van der Waals surface area contributed by atoms with Gasteiger partial charge in [0.2, 0.25) is 5.91 Å². The Morgan fingerprint density at radius 1 is 1.60 bits per heavy atom. The van der Waals surface area contributed by atoms with Crippen molar-refractivity contribution in [2.45, 2.75) is 12.8 Å². The molecule has 0 saturated heterocycles. The van der Waals surface area contributed by atoms with Crippen molar-refractivity contribution in [1.82, 2.24) is 5.32 Å². The van der Waals surface area contributed by atoms with Gasteiger partial charge in [-0.25, -0.2) is 0 Å². The van der Waals surface area contributed by atoms with Crippen LogP contribution >= 0.6 is 0 Å². The van der Waals surface area contributed by atoms with E-state index in [0.717, 1.165) is 11.3 Å². The first-order chi connectivity index (χ1) is 7.19. The number of carbonyl (C=O) groups is 1. The van der Waals surface area contributed by atoms with Crippen molar-refractivity contribution in [2.75, 3.05) is 13.8 Å². The Bertz CT molecular complexity index is 338. The van der Waals surface area contributed by atoms with Crippen molar-refractivity contribution in [2.24, 2.45) is 0 Å². The molecule has 0 spiro atoms. The van der Waals surface area contributed by atoms with Crippen molar-refractivity contribution in [3.8, 4) is 5.75 Å². The molecule has 1 aromatic carbocycles. The topological polar surface area (TPSA) is 58.6 Å². The highest BCUT2D eigenvalue weighted by atomic mass is 16.5. The van der Waals surface area contributed by atoms with E-state index in [4.69, 9.17) is 9.84 Å². The number of hydrogen-bond donors (Lipinski definition) is 2. The third-order valence-electron chi connectivity index (χ3n) is 2.24. The van der Waals surface area contributed by atoms with E-state index in [1.165, 1.54) is 0 Å². The predicted molar refractivity (Wildman–Crippen MR) is 56.6 cm³/mol. The second-order valence-corrected chi connectivity index (χ2v) is 3.20. The van der Waals surface area contributed by atoms with E-state index in [1.807, 2.05) is 24.3 Å². The molecule has 1 aromatic rings. The number of carbonyl (C=O) groups excluding carboxylic acids is 1. The smallest absolute Gasteiger partial charge is 0.229 e. The van der Waals surface area contributed by atoms with Gasteiger partial charge in [0.15, 0.2) is 0 Å². The minimum absolute atomic E-state index is 0.203. The summed E-state index contributed by atoms with van der Waals surface area (Å²) in [6, 6.07) is 7.31. The lowest BCUT2D eigenvalue weighted by molar-refractivity contribution is -0.123. The Morgan fingerprint density at radius 2 is 2.33 bits per heavy atom. The van der Waals surface area contributed by atoms with Gasteiger partial charge in [-0.3, -0.25) is 4.79 Å². The number of nitrogens with one attached hydrogen (secondary N) is 1. The van der Waals surface area contributed by atoms with Gasteiger partial charge in [0, 0.05) is 0 Å². The molecule has 1 amide bonds. The molecular formula is C11H15NO3. The summed E-state index contributed by atoms with van der Waals surface area (Å²) >= 11 is 0. The summed E-state index contributed by atoms with van der Waals surface area (Å²) in [6.45, 7) is 1.44. The SMILES string of the molecule is COc1cccc(C(C)C(=O)NCO)c1. The van der Waals surface area contributed by atoms with E-state index in [2.05, 4.69) is 5.32 Å². The van der Waals surface area contributed by atoms with Gasteiger partial charge in [0.25, 0.3) is 0 Å². The fourth-order valence-electron chi connectivity index (χ4n) is 1.29. The number of methoxy groups -OCH3 is 1. The zero-order chi connectivity index (χ0) is 11.3. The highest BCUT2D eigenvalue weighted by Crippen LogP contribution is 2.20. The van der Waals surface area contributed by atoms with Gasteiger partial charge in [-0.05, 0) is 24.6 Å². The molecule has 0 bridgehead atoms. The van der Waals surface area contributed by atoms with Crippen LogP contribution in [0.1, 0.15) is 18.4 Å². The molecule has 0 heterocycles. The summed E-state index contributed by atoms with van der Waals surface area (Å²) in [7, 11) is 1.58. The molecule has 0 aliphatic heterocycles. The van der Waals surface area contributed by atoms with E-state index in [-0.39, 0.29) is 18.6 Å². The maximum absolute atomic E-state index is 11.4. The summed E-state index contributed by atoms with van der Waals surface area (Å²) in [5, 5.41) is 10.9. The molecule has 0 aliphatic rings. The highest BCUT2D eigenvalue weighted by molar-refractivity contribution is 5.83. The molecule has 4 nitrogen and oxygen atoms in total. The first-order valence-electron chi connectivity index (χ1n) is 4.71. The molecule has 2 N–H and O–H groups in total. The molecule has 1 rings (SSSR count). The van der Waals surface area contributed by atoms with Crippen LogP contribution < -0.4 is 10.1 Å². The van der Waals surface area contributed by atoms with Crippen LogP contribution in [-0.4, -0.2) is 24.9 Å². The van der Waals surface area contributed by atoms with Gasteiger partial charge in [0.05, 0.1) is 13.0 Å². The Labute approximate surface area is 88.9 Å². The number of ether oxygens (including phenoxy) is 1. The largest absolute Gasteiger partial charge is 0.497 e. The fourth-order valence-corrected chi connectivity index (χ4v) is 1.29. The van der Waals surface area contributed by atoms with Crippen LogP contribution in [0, 0.1) is 0 Å². The van der Waals surface area contributed by atoms with E-state index in [9.17, 15) is 4.79 Å². The van der Waals surface area contributed by atoms with Gasteiger partial charge < -0.3 is 15.2 Å². The molecule has 0 radical (unpaired) electrons. The summed E-state index contributed by atoms with van der Waals surface area (Å²) < 4.78 is 5.06. The summed E-state index contributed by atoms with van der Waals surface area (Å²) in [5.74, 6) is 0.217. The summed E-state index contributed by atoms with van der Waals surface area (Å²) in [4.78, 5) is 11.4. The Balaban J connectivity index is 2.81. The van der Waals surface area contributed by atoms with Crippen LogP contribution in [0.2, 0.25) is 0 Å². The Morgan fingerprint density at radius 3 is 2.93 bits per heavy atom. The van der Waals surface area contributed by atoms with Crippen molar-refractivity contribution in [3.05, 3.63) is 29.8 Å². The number of rotatable bonds is 4. The highest BCUT2D eigenvalue weighted by Gasteiger charge is 2.14. The second kappa shape index (κ2) is 5.36. The molecule has 15 heavy (non-hydrogen) atoms. The van der Waals surface area contributed by atoms with Crippen LogP contribution in [-0.2, 0) is 4.79 Å². The van der Waals surface area contributed by atoms with Crippen LogP contribution in [0.3, 0.4) is 0 Å². The molecule has 1 atom stereocenters. The average molecular weight is 209 g/mol. The Kier molecular flexibility index (Phi) is 4.12. The van der Waals surface area contributed by atoms with E-state index in [0.29, 0.717) is 0 Å². The first-order valence-corrected chi connectivity index (χ1v) is 4.71. The van der Waals surface area contributed by atoms with Crippen LogP contribution in [0.15, 0.2) is 24.3 Å². The van der Waals surface area contributed by atoms with Crippen molar-refractivity contribution < 1.29 is 14.6 Å². The standard InChI is InChI=1S/C11H15NO3/c1-8(11(14)12-7-13)9-4-3-5-10(6-9)15-2/h3-6,8,13H,7H2,1-2H3,(H,12,14). The third kappa shape index (κ3) is 2.95. The number of benzene rings is 1. The first kappa shape index (κ1) is 11.5. The fraction of sp³-hybridized carbons (Fsp3) is 0.364. The van der Waals surface area contributed by atoms with Crippen LogP contribution in [0.5, 0.6) is 5.75 Å². The van der Waals surface area contributed by atoms with E-state index < -0.39 is 0 Å². The van der Waals surface area contributed by atoms with Crippen LogP contribution in [0.25, 0.3) is 0 Å². The van der Waals surface area contributed by atoms with Crippen LogP contribution in [0.4, 0.5) is 0 Å². The van der Waals surface area contributed by atoms with Gasteiger partial charge in [0.1, 0.15) is 12.5 Å². The molecule has 4 heteroatoms. The van der Waals surface area contributed by atoms with Gasteiger partial charge in [-0.15, -0.1) is 0 Å². The zero-order valence-corrected chi connectivity index (χ0v) is 8.86. The molecule has 1 unspecified atom stereocenters. The number of amides is 1. The quantitative estimate of drug-likeness (QED) is 0.723. The second-order valence-electron chi connectivity index (χ2n) is 3.20. The van der Waals surface area contributed by atoms with E-state index >= 15 is 0 Å². The molecule has 0 aromatic heterocycles. The molecule has 0 aliphatic carbocycles. The summed E-state index contributed by atoms with van der Waals surface area (Å²) in [6.07, 6.45) is 0. The Hall–Kier alpha value is -1.55. The van der Waals surface area contributed by atoms with Gasteiger partial charge in [-0.2, -0.15) is 0 Å². The molecule has 82 valence electrons. The normalized spacial score (nSPS) is 11.9. The summed E-state index contributed by atoms with van der Waals surface area (Å²) in [5.41, 5.74) is 0.861. The predicted octanol–water partition coefficient (Wildman–Crippen LogP) is 0.865. The van der Waals surface area contributed by atoms with E-state index in [1.54, 1.807) is 14.0 Å². The maximum Gasteiger partial charge on any atom is 0.229 e. The minimum atomic E-state index is -0.340. The number of hydrogen-bond acceptors (Lipinski definition) is 3. The minimum Gasteiger partial charge on any atom is -0.497 e. The van der Waals surface area contributed by atoms with Gasteiger partial charge >= 0.3 is 0 Å². The molecule has 0 fully saturated rings. The molecule has 0 saturated carbocycles. The van der Waals surface area contributed by atoms with Crippen molar-refractivity contribution >= 4 is 5.91 Å². The molecular weight excluding hydrogens is 194 g/mol. The number of aliphatic hydroxyl groups excluding tert-OH is 1.